The third-order valence-electron chi connectivity index (χ3n) is 3.35. The highest BCUT2D eigenvalue weighted by molar-refractivity contribution is 6.36. The standard InChI is InChI=1S/C17H19Cl2NO/c1-4-21-15-9-8-11(2)10-12(15)17(20-3)16-13(18)6-5-7-14(16)19/h5-10,17,20H,4H2,1-3H3. The van der Waals surface area contributed by atoms with Gasteiger partial charge in [0.05, 0.1) is 12.6 Å². The van der Waals surface area contributed by atoms with E-state index in [1.165, 1.54) is 0 Å². The van der Waals surface area contributed by atoms with Gasteiger partial charge < -0.3 is 10.1 Å². The van der Waals surface area contributed by atoms with Gasteiger partial charge >= 0.3 is 0 Å². The lowest BCUT2D eigenvalue weighted by Crippen LogP contribution is -2.19. The fourth-order valence-corrected chi connectivity index (χ4v) is 3.04. The van der Waals surface area contributed by atoms with Crippen LogP contribution in [0.3, 0.4) is 0 Å². The van der Waals surface area contributed by atoms with Gasteiger partial charge in [0, 0.05) is 21.2 Å². The molecule has 1 unspecified atom stereocenters. The average molecular weight is 324 g/mol. The molecule has 0 aliphatic rings. The molecule has 0 aromatic heterocycles. The number of hydrogen-bond acceptors (Lipinski definition) is 2. The number of aryl methyl sites for hydroxylation is 1. The van der Waals surface area contributed by atoms with E-state index in [1.54, 1.807) is 0 Å². The summed E-state index contributed by atoms with van der Waals surface area (Å²) in [6.45, 7) is 4.64. The Kier molecular flexibility index (Phi) is 5.51. The molecule has 0 bridgehead atoms. The molecule has 0 aliphatic carbocycles. The fraction of sp³-hybridized carbons (Fsp3) is 0.294. The molecule has 2 aromatic rings. The van der Waals surface area contributed by atoms with E-state index in [1.807, 2.05) is 44.3 Å². The predicted molar refractivity (Wildman–Crippen MR) is 89.7 cm³/mol. The lowest BCUT2D eigenvalue weighted by molar-refractivity contribution is 0.334. The van der Waals surface area contributed by atoms with E-state index in [-0.39, 0.29) is 6.04 Å². The van der Waals surface area contributed by atoms with Crippen LogP contribution < -0.4 is 10.1 Å². The highest BCUT2D eigenvalue weighted by atomic mass is 35.5. The molecule has 0 aliphatic heterocycles. The molecule has 0 radical (unpaired) electrons. The molecule has 1 N–H and O–H groups in total. The third kappa shape index (κ3) is 3.52. The van der Waals surface area contributed by atoms with E-state index in [2.05, 4.69) is 18.3 Å². The van der Waals surface area contributed by atoms with Gasteiger partial charge in [-0.2, -0.15) is 0 Å². The summed E-state index contributed by atoms with van der Waals surface area (Å²) >= 11 is 12.7. The molecule has 21 heavy (non-hydrogen) atoms. The van der Waals surface area contributed by atoms with E-state index in [0.29, 0.717) is 16.7 Å². The molecule has 1 atom stereocenters. The second kappa shape index (κ2) is 7.17. The number of hydrogen-bond donors (Lipinski definition) is 1. The maximum Gasteiger partial charge on any atom is 0.124 e. The third-order valence-corrected chi connectivity index (χ3v) is 4.01. The van der Waals surface area contributed by atoms with Crippen molar-refractivity contribution >= 4 is 23.2 Å². The Morgan fingerprint density at radius 3 is 2.38 bits per heavy atom. The van der Waals surface area contributed by atoms with Crippen molar-refractivity contribution in [3.8, 4) is 5.75 Å². The minimum atomic E-state index is -0.118. The van der Waals surface area contributed by atoms with Gasteiger partial charge in [-0.1, -0.05) is 47.0 Å². The van der Waals surface area contributed by atoms with Gasteiger partial charge in [0.15, 0.2) is 0 Å². The molecule has 0 spiro atoms. The molecule has 112 valence electrons. The van der Waals surface area contributed by atoms with E-state index in [0.717, 1.165) is 22.4 Å². The highest BCUT2D eigenvalue weighted by Gasteiger charge is 2.21. The first kappa shape index (κ1) is 16.2. The lowest BCUT2D eigenvalue weighted by Gasteiger charge is -2.23. The molecule has 0 saturated heterocycles. The van der Waals surface area contributed by atoms with Crippen LogP contribution in [-0.4, -0.2) is 13.7 Å². The summed E-state index contributed by atoms with van der Waals surface area (Å²) < 4.78 is 5.75. The minimum Gasteiger partial charge on any atom is -0.494 e. The molecule has 2 nitrogen and oxygen atoms in total. The summed E-state index contributed by atoms with van der Waals surface area (Å²) in [6, 6.07) is 11.6. The fourth-order valence-electron chi connectivity index (χ4n) is 2.42. The van der Waals surface area contributed by atoms with Crippen LogP contribution in [0, 0.1) is 6.92 Å². The first-order valence-electron chi connectivity index (χ1n) is 6.93. The summed E-state index contributed by atoms with van der Waals surface area (Å²) in [5, 5.41) is 4.58. The van der Waals surface area contributed by atoms with Crippen molar-refractivity contribution in [2.45, 2.75) is 19.9 Å². The SMILES string of the molecule is CCOc1ccc(C)cc1C(NC)c1c(Cl)cccc1Cl. The first-order valence-corrected chi connectivity index (χ1v) is 7.68. The molecular formula is C17H19Cl2NO. The van der Waals surface area contributed by atoms with Crippen LogP contribution in [0.15, 0.2) is 36.4 Å². The Morgan fingerprint density at radius 1 is 1.14 bits per heavy atom. The van der Waals surface area contributed by atoms with Crippen LogP contribution in [0.4, 0.5) is 0 Å². The zero-order valence-electron chi connectivity index (χ0n) is 12.4. The van der Waals surface area contributed by atoms with Gasteiger partial charge in [-0.05, 0) is 39.1 Å². The Bertz CT molecular complexity index is 608. The van der Waals surface area contributed by atoms with Crippen LogP contribution in [0.5, 0.6) is 5.75 Å². The second-order valence-electron chi connectivity index (χ2n) is 4.83. The van der Waals surface area contributed by atoms with Gasteiger partial charge in [-0.3, -0.25) is 0 Å². The van der Waals surface area contributed by atoms with Gasteiger partial charge in [0.1, 0.15) is 5.75 Å². The van der Waals surface area contributed by atoms with Gasteiger partial charge in [0.25, 0.3) is 0 Å². The van der Waals surface area contributed by atoms with Crippen LogP contribution in [0.25, 0.3) is 0 Å². The minimum absolute atomic E-state index is 0.118. The average Bonchev–Trinajstić information content (AvgIpc) is 2.45. The van der Waals surface area contributed by atoms with Crippen molar-refractivity contribution < 1.29 is 4.74 Å². The van der Waals surface area contributed by atoms with E-state index in [9.17, 15) is 0 Å². The summed E-state index contributed by atoms with van der Waals surface area (Å²) in [7, 11) is 1.89. The zero-order valence-corrected chi connectivity index (χ0v) is 13.9. The van der Waals surface area contributed by atoms with Crippen molar-refractivity contribution in [1.29, 1.82) is 0 Å². The molecular weight excluding hydrogens is 305 g/mol. The lowest BCUT2D eigenvalue weighted by atomic mass is 9.96. The largest absolute Gasteiger partial charge is 0.494 e. The molecule has 0 heterocycles. The molecule has 2 rings (SSSR count). The second-order valence-corrected chi connectivity index (χ2v) is 5.65. The summed E-state index contributed by atoms with van der Waals surface area (Å²) in [5.41, 5.74) is 3.07. The number of nitrogens with one attached hydrogen (secondary N) is 1. The Morgan fingerprint density at radius 2 is 1.81 bits per heavy atom. The number of ether oxygens (including phenoxy) is 1. The Hall–Kier alpha value is -1.22. The van der Waals surface area contributed by atoms with Crippen molar-refractivity contribution in [2.75, 3.05) is 13.7 Å². The van der Waals surface area contributed by atoms with Crippen LogP contribution in [-0.2, 0) is 0 Å². The molecule has 4 heteroatoms. The van der Waals surface area contributed by atoms with Crippen molar-refractivity contribution in [3.63, 3.8) is 0 Å². The smallest absolute Gasteiger partial charge is 0.124 e. The van der Waals surface area contributed by atoms with Gasteiger partial charge in [0.2, 0.25) is 0 Å². The van der Waals surface area contributed by atoms with Gasteiger partial charge in [-0.15, -0.1) is 0 Å². The predicted octanol–water partition coefficient (Wildman–Crippen LogP) is 5.01. The maximum atomic E-state index is 6.36. The Balaban J connectivity index is 2.58. The first-order chi connectivity index (χ1) is 10.1. The number of benzene rings is 2. The topological polar surface area (TPSA) is 21.3 Å². The summed E-state index contributed by atoms with van der Waals surface area (Å²) in [5.74, 6) is 0.846. The molecule has 0 saturated carbocycles. The van der Waals surface area contributed by atoms with Crippen LogP contribution in [0.1, 0.15) is 29.7 Å². The maximum absolute atomic E-state index is 6.36. The summed E-state index contributed by atoms with van der Waals surface area (Å²) in [6.07, 6.45) is 0. The van der Waals surface area contributed by atoms with Crippen LogP contribution in [0.2, 0.25) is 10.0 Å². The Labute approximate surface area is 136 Å². The van der Waals surface area contributed by atoms with Crippen LogP contribution >= 0.6 is 23.2 Å². The monoisotopic (exact) mass is 323 g/mol. The van der Waals surface area contributed by atoms with E-state index < -0.39 is 0 Å². The number of halogens is 2. The normalized spacial score (nSPS) is 12.2. The summed E-state index contributed by atoms with van der Waals surface area (Å²) in [4.78, 5) is 0. The molecule has 2 aromatic carbocycles. The molecule has 0 fully saturated rings. The van der Waals surface area contributed by atoms with E-state index in [4.69, 9.17) is 27.9 Å². The highest BCUT2D eigenvalue weighted by Crippen LogP contribution is 2.37. The van der Waals surface area contributed by atoms with Crippen molar-refractivity contribution in [1.82, 2.24) is 5.32 Å². The zero-order chi connectivity index (χ0) is 15.4. The quantitative estimate of drug-likeness (QED) is 0.835. The van der Waals surface area contributed by atoms with E-state index >= 15 is 0 Å². The number of rotatable bonds is 5. The molecule has 0 amide bonds. The van der Waals surface area contributed by atoms with Crippen molar-refractivity contribution in [3.05, 3.63) is 63.1 Å². The van der Waals surface area contributed by atoms with Gasteiger partial charge in [-0.25, -0.2) is 0 Å². The van der Waals surface area contributed by atoms with Crippen molar-refractivity contribution in [2.24, 2.45) is 0 Å².